The highest BCUT2D eigenvalue weighted by Crippen LogP contribution is 2.37. The SMILES string of the molecule is CCCCCCCCC(c1nc(CC)[nH]c1C)C(OC)(OC)OC. The maximum atomic E-state index is 5.65. The molecule has 1 N–H and O–H groups in total. The molecule has 0 saturated heterocycles. The van der Waals surface area contributed by atoms with Crippen LogP contribution < -0.4 is 0 Å². The molecular formula is C19H36N2O3. The van der Waals surface area contributed by atoms with E-state index < -0.39 is 5.97 Å². The van der Waals surface area contributed by atoms with Crippen molar-refractivity contribution < 1.29 is 14.2 Å². The molecular weight excluding hydrogens is 304 g/mol. The zero-order valence-corrected chi connectivity index (χ0v) is 16.4. The molecule has 1 aromatic heterocycles. The van der Waals surface area contributed by atoms with E-state index in [1.54, 1.807) is 21.3 Å². The Labute approximate surface area is 147 Å². The van der Waals surface area contributed by atoms with E-state index in [1.165, 1.54) is 32.1 Å². The predicted molar refractivity (Wildman–Crippen MR) is 97.2 cm³/mol. The molecule has 0 aliphatic carbocycles. The molecule has 5 heteroatoms. The summed E-state index contributed by atoms with van der Waals surface area (Å²) in [6, 6.07) is 0. The van der Waals surface area contributed by atoms with Crippen molar-refractivity contribution in [1.82, 2.24) is 9.97 Å². The first kappa shape index (κ1) is 21.1. The van der Waals surface area contributed by atoms with Crippen LogP contribution in [0.2, 0.25) is 0 Å². The Morgan fingerprint density at radius 3 is 2.04 bits per heavy atom. The molecule has 140 valence electrons. The van der Waals surface area contributed by atoms with Crippen LogP contribution >= 0.6 is 0 Å². The third kappa shape index (κ3) is 5.30. The molecule has 0 spiro atoms. The summed E-state index contributed by atoms with van der Waals surface area (Å²) in [7, 11) is 4.89. The van der Waals surface area contributed by atoms with Crippen molar-refractivity contribution >= 4 is 0 Å². The van der Waals surface area contributed by atoms with Crippen molar-refractivity contribution in [3.8, 4) is 0 Å². The van der Waals surface area contributed by atoms with E-state index in [0.29, 0.717) is 0 Å². The summed E-state index contributed by atoms with van der Waals surface area (Å²) in [6.07, 6.45) is 9.32. The maximum absolute atomic E-state index is 5.65. The minimum absolute atomic E-state index is 0.0553. The van der Waals surface area contributed by atoms with E-state index in [0.717, 1.165) is 36.5 Å². The Morgan fingerprint density at radius 2 is 1.54 bits per heavy atom. The lowest BCUT2D eigenvalue weighted by Crippen LogP contribution is -2.43. The number of aromatic nitrogens is 2. The molecule has 0 aliphatic rings. The molecule has 0 aliphatic heterocycles. The molecule has 1 heterocycles. The van der Waals surface area contributed by atoms with Gasteiger partial charge in [-0.3, -0.25) is 0 Å². The van der Waals surface area contributed by atoms with Crippen molar-refractivity contribution in [3.63, 3.8) is 0 Å². The fourth-order valence-electron chi connectivity index (χ4n) is 3.33. The quantitative estimate of drug-likeness (QED) is 0.417. The number of methoxy groups -OCH3 is 3. The Morgan fingerprint density at radius 1 is 0.958 bits per heavy atom. The number of nitrogens with zero attached hydrogens (tertiary/aromatic N) is 1. The minimum Gasteiger partial charge on any atom is -0.346 e. The van der Waals surface area contributed by atoms with Crippen LogP contribution in [-0.4, -0.2) is 37.3 Å². The van der Waals surface area contributed by atoms with Crippen LogP contribution in [0.5, 0.6) is 0 Å². The maximum Gasteiger partial charge on any atom is 0.291 e. The first-order valence-corrected chi connectivity index (χ1v) is 9.29. The Balaban J connectivity index is 2.89. The van der Waals surface area contributed by atoms with Crippen LogP contribution in [0.1, 0.15) is 81.9 Å². The third-order valence-electron chi connectivity index (χ3n) is 4.76. The van der Waals surface area contributed by atoms with Gasteiger partial charge in [0.05, 0.1) is 11.6 Å². The van der Waals surface area contributed by atoms with Gasteiger partial charge in [-0.2, -0.15) is 0 Å². The van der Waals surface area contributed by atoms with Gasteiger partial charge in [0.15, 0.2) is 0 Å². The first-order valence-electron chi connectivity index (χ1n) is 9.29. The van der Waals surface area contributed by atoms with Crippen LogP contribution in [0.4, 0.5) is 0 Å². The van der Waals surface area contributed by atoms with Crippen LogP contribution in [-0.2, 0) is 20.6 Å². The lowest BCUT2D eigenvalue weighted by atomic mass is 9.93. The monoisotopic (exact) mass is 340 g/mol. The number of hydrogen-bond acceptors (Lipinski definition) is 4. The van der Waals surface area contributed by atoms with Crippen LogP contribution in [0.3, 0.4) is 0 Å². The molecule has 1 rings (SSSR count). The lowest BCUT2D eigenvalue weighted by molar-refractivity contribution is -0.365. The van der Waals surface area contributed by atoms with Gasteiger partial charge in [0.1, 0.15) is 5.82 Å². The zero-order valence-electron chi connectivity index (χ0n) is 16.4. The van der Waals surface area contributed by atoms with Gasteiger partial charge < -0.3 is 19.2 Å². The number of unbranched alkanes of at least 4 members (excludes halogenated alkanes) is 5. The molecule has 0 bridgehead atoms. The molecule has 24 heavy (non-hydrogen) atoms. The highest BCUT2D eigenvalue weighted by molar-refractivity contribution is 5.20. The fourth-order valence-corrected chi connectivity index (χ4v) is 3.33. The second-order valence-corrected chi connectivity index (χ2v) is 6.37. The summed E-state index contributed by atoms with van der Waals surface area (Å²) in [5.74, 6) is -0.151. The fraction of sp³-hybridized carbons (Fsp3) is 0.842. The van der Waals surface area contributed by atoms with Crippen molar-refractivity contribution in [2.45, 2.75) is 84.0 Å². The number of ether oxygens (including phenoxy) is 3. The van der Waals surface area contributed by atoms with Crippen molar-refractivity contribution in [2.75, 3.05) is 21.3 Å². The predicted octanol–water partition coefficient (Wildman–Crippen LogP) is 4.71. The molecule has 0 radical (unpaired) electrons. The van der Waals surface area contributed by atoms with Gasteiger partial charge in [-0.1, -0.05) is 52.4 Å². The summed E-state index contributed by atoms with van der Waals surface area (Å²) in [5.41, 5.74) is 2.06. The van der Waals surface area contributed by atoms with Crippen molar-refractivity contribution in [3.05, 3.63) is 17.2 Å². The van der Waals surface area contributed by atoms with Gasteiger partial charge in [-0.25, -0.2) is 4.98 Å². The molecule has 1 unspecified atom stereocenters. The second-order valence-electron chi connectivity index (χ2n) is 6.37. The van der Waals surface area contributed by atoms with Crippen LogP contribution in [0, 0.1) is 6.92 Å². The topological polar surface area (TPSA) is 56.4 Å². The highest BCUT2D eigenvalue weighted by Gasteiger charge is 2.43. The molecule has 0 fully saturated rings. The van der Waals surface area contributed by atoms with E-state index in [1.807, 2.05) is 0 Å². The molecule has 0 saturated carbocycles. The Kier molecular flexibility index (Phi) is 9.56. The van der Waals surface area contributed by atoms with E-state index >= 15 is 0 Å². The summed E-state index contributed by atoms with van der Waals surface area (Å²) < 4.78 is 16.9. The summed E-state index contributed by atoms with van der Waals surface area (Å²) in [4.78, 5) is 8.13. The van der Waals surface area contributed by atoms with Crippen molar-refractivity contribution in [1.29, 1.82) is 0 Å². The zero-order chi connectivity index (χ0) is 18.0. The summed E-state index contributed by atoms with van der Waals surface area (Å²) >= 11 is 0. The molecule has 1 atom stereocenters. The Hall–Kier alpha value is -0.910. The van der Waals surface area contributed by atoms with Gasteiger partial charge in [0.2, 0.25) is 0 Å². The number of nitrogens with one attached hydrogen (secondary N) is 1. The van der Waals surface area contributed by atoms with Gasteiger partial charge >= 0.3 is 0 Å². The largest absolute Gasteiger partial charge is 0.346 e. The van der Waals surface area contributed by atoms with E-state index in [-0.39, 0.29) is 5.92 Å². The van der Waals surface area contributed by atoms with E-state index in [4.69, 9.17) is 19.2 Å². The van der Waals surface area contributed by atoms with E-state index in [9.17, 15) is 0 Å². The minimum atomic E-state index is -1.09. The van der Waals surface area contributed by atoms with Crippen LogP contribution in [0.15, 0.2) is 0 Å². The van der Waals surface area contributed by atoms with Gasteiger partial charge in [0, 0.05) is 33.4 Å². The lowest BCUT2D eigenvalue weighted by Gasteiger charge is -2.36. The van der Waals surface area contributed by atoms with Gasteiger partial charge in [0.25, 0.3) is 5.97 Å². The van der Waals surface area contributed by atoms with Gasteiger partial charge in [-0.05, 0) is 13.3 Å². The number of H-pyrrole nitrogens is 1. The summed E-state index contributed by atoms with van der Waals surface area (Å²) in [5, 5.41) is 0. The third-order valence-corrected chi connectivity index (χ3v) is 4.76. The number of aryl methyl sites for hydroxylation is 2. The van der Waals surface area contributed by atoms with E-state index in [2.05, 4.69) is 25.8 Å². The second kappa shape index (κ2) is 10.9. The molecule has 0 amide bonds. The number of hydrogen-bond donors (Lipinski definition) is 1. The molecule has 5 nitrogen and oxygen atoms in total. The normalized spacial score (nSPS) is 13.4. The van der Waals surface area contributed by atoms with Crippen molar-refractivity contribution in [2.24, 2.45) is 0 Å². The first-order chi connectivity index (χ1) is 11.6. The van der Waals surface area contributed by atoms with Crippen LogP contribution in [0.25, 0.3) is 0 Å². The van der Waals surface area contributed by atoms with Gasteiger partial charge in [-0.15, -0.1) is 0 Å². The average Bonchev–Trinajstić information content (AvgIpc) is 2.98. The summed E-state index contributed by atoms with van der Waals surface area (Å²) in [6.45, 7) is 6.40. The Bertz CT molecular complexity index is 447. The number of aromatic amines is 1. The number of rotatable bonds is 13. The highest BCUT2D eigenvalue weighted by atomic mass is 16.9. The standard InChI is InChI=1S/C19H36N2O3/c1-7-9-10-11-12-13-14-16(19(22-4,23-5)24-6)18-15(3)20-17(8-2)21-18/h16H,7-14H2,1-6H3,(H,20,21). The molecule has 0 aromatic carbocycles. The molecule has 1 aromatic rings. The number of imidazole rings is 1. The average molecular weight is 341 g/mol. The smallest absolute Gasteiger partial charge is 0.291 e.